The van der Waals surface area contributed by atoms with Crippen molar-refractivity contribution in [1.82, 2.24) is 5.32 Å². The first-order chi connectivity index (χ1) is 7.22. The molecule has 0 aliphatic heterocycles. The van der Waals surface area contributed by atoms with Crippen LogP contribution in [0.3, 0.4) is 0 Å². The zero-order valence-corrected chi connectivity index (χ0v) is 10.2. The van der Waals surface area contributed by atoms with Crippen LogP contribution in [0.5, 0.6) is 0 Å². The summed E-state index contributed by atoms with van der Waals surface area (Å²) < 4.78 is 0. The Labute approximate surface area is 96.0 Å². The molecule has 0 spiro atoms. The number of carbonyl (C=O) groups is 1. The molecule has 4 nitrogen and oxygen atoms in total. The van der Waals surface area contributed by atoms with E-state index in [1.807, 2.05) is 6.92 Å². The molecule has 0 heterocycles. The Morgan fingerprint density at radius 3 is 2.87 bits per heavy atom. The summed E-state index contributed by atoms with van der Waals surface area (Å²) in [5.41, 5.74) is 5.64. The van der Waals surface area contributed by atoms with Gasteiger partial charge in [-0.3, -0.25) is 4.79 Å². The van der Waals surface area contributed by atoms with E-state index in [1.54, 1.807) is 11.8 Å². The van der Waals surface area contributed by atoms with E-state index in [2.05, 4.69) is 5.32 Å². The predicted octanol–water partition coefficient (Wildman–Crippen LogP) is 0.346. The summed E-state index contributed by atoms with van der Waals surface area (Å²) in [5.74, 6) is 1.76. The maximum atomic E-state index is 11.3. The van der Waals surface area contributed by atoms with Crippen molar-refractivity contribution in [3.05, 3.63) is 0 Å². The summed E-state index contributed by atoms with van der Waals surface area (Å²) in [6.45, 7) is 2.91. The highest BCUT2D eigenvalue weighted by Crippen LogP contribution is 2.00. The third-order valence-electron chi connectivity index (χ3n) is 1.93. The first-order valence-electron chi connectivity index (χ1n) is 5.44. The molecular formula is C10H22N2O2S. The average molecular weight is 234 g/mol. The van der Waals surface area contributed by atoms with Gasteiger partial charge in [-0.05, 0) is 18.6 Å². The van der Waals surface area contributed by atoms with Crippen molar-refractivity contribution in [3.63, 3.8) is 0 Å². The van der Waals surface area contributed by atoms with E-state index in [4.69, 9.17) is 10.8 Å². The molecular weight excluding hydrogens is 212 g/mol. The summed E-state index contributed by atoms with van der Waals surface area (Å²) >= 11 is 1.73. The van der Waals surface area contributed by atoms with Crippen molar-refractivity contribution >= 4 is 17.7 Å². The van der Waals surface area contributed by atoms with Gasteiger partial charge in [0.25, 0.3) is 0 Å². The second-order valence-electron chi connectivity index (χ2n) is 3.38. The molecule has 0 rings (SSSR count). The number of nitrogens with one attached hydrogen (secondary N) is 1. The number of aliphatic hydroxyl groups is 1. The van der Waals surface area contributed by atoms with Crippen LogP contribution in [0, 0.1) is 0 Å². The molecule has 5 heteroatoms. The van der Waals surface area contributed by atoms with Crippen molar-refractivity contribution in [3.8, 4) is 0 Å². The molecule has 1 unspecified atom stereocenters. The summed E-state index contributed by atoms with van der Waals surface area (Å²) in [4.78, 5) is 11.3. The van der Waals surface area contributed by atoms with Gasteiger partial charge in [-0.25, -0.2) is 0 Å². The lowest BCUT2D eigenvalue weighted by Crippen LogP contribution is -2.41. The number of carbonyl (C=O) groups excluding carboxylic acids is 1. The van der Waals surface area contributed by atoms with Crippen LogP contribution in [0.15, 0.2) is 0 Å². The minimum absolute atomic E-state index is 0.0559. The summed E-state index contributed by atoms with van der Waals surface area (Å²) in [5, 5.41) is 11.3. The normalized spacial score (nSPS) is 12.5. The minimum Gasteiger partial charge on any atom is -0.396 e. The largest absolute Gasteiger partial charge is 0.396 e. The number of nitrogens with two attached hydrogens (primary N) is 1. The first kappa shape index (κ1) is 14.7. The molecule has 0 aromatic heterocycles. The first-order valence-corrected chi connectivity index (χ1v) is 6.59. The average Bonchev–Trinajstić information content (AvgIpc) is 2.23. The minimum atomic E-state index is -0.363. The number of hydrogen-bond acceptors (Lipinski definition) is 4. The second kappa shape index (κ2) is 10.3. The number of aliphatic hydroxyl groups excluding tert-OH is 1. The van der Waals surface area contributed by atoms with Crippen molar-refractivity contribution < 1.29 is 9.90 Å². The smallest absolute Gasteiger partial charge is 0.236 e. The van der Waals surface area contributed by atoms with Gasteiger partial charge in [0.15, 0.2) is 0 Å². The van der Waals surface area contributed by atoms with E-state index in [0.717, 1.165) is 30.8 Å². The predicted molar refractivity (Wildman–Crippen MR) is 64.9 cm³/mol. The standard InChI is InChI=1S/C10H22N2O2S/c1-2-4-9(11)10(14)12-5-8-15-7-3-6-13/h9,13H,2-8,11H2,1H3,(H,12,14). The molecule has 0 aliphatic rings. The Hall–Kier alpha value is -0.260. The van der Waals surface area contributed by atoms with Crippen molar-refractivity contribution in [2.75, 3.05) is 24.7 Å². The van der Waals surface area contributed by atoms with E-state index in [9.17, 15) is 4.79 Å². The molecule has 4 N–H and O–H groups in total. The van der Waals surface area contributed by atoms with Gasteiger partial charge in [0, 0.05) is 18.9 Å². The van der Waals surface area contributed by atoms with Crippen molar-refractivity contribution in [2.24, 2.45) is 5.73 Å². The maximum absolute atomic E-state index is 11.3. The molecule has 0 saturated heterocycles. The van der Waals surface area contributed by atoms with Gasteiger partial charge >= 0.3 is 0 Å². The van der Waals surface area contributed by atoms with Gasteiger partial charge in [0.2, 0.25) is 5.91 Å². The topological polar surface area (TPSA) is 75.4 Å². The van der Waals surface area contributed by atoms with Crippen LogP contribution in [-0.4, -0.2) is 41.7 Å². The Kier molecular flexibility index (Phi) is 10.1. The fourth-order valence-corrected chi connectivity index (χ4v) is 1.87. The van der Waals surface area contributed by atoms with Gasteiger partial charge in [-0.1, -0.05) is 13.3 Å². The van der Waals surface area contributed by atoms with E-state index >= 15 is 0 Å². The molecule has 90 valence electrons. The zero-order chi connectivity index (χ0) is 11.5. The molecule has 0 fully saturated rings. The number of thioether (sulfide) groups is 1. The van der Waals surface area contributed by atoms with E-state index in [1.165, 1.54) is 0 Å². The molecule has 0 aromatic rings. The fourth-order valence-electron chi connectivity index (χ4n) is 1.09. The van der Waals surface area contributed by atoms with Crippen LogP contribution in [0.25, 0.3) is 0 Å². The Bertz CT molecular complexity index is 168. The molecule has 0 bridgehead atoms. The van der Waals surface area contributed by atoms with Gasteiger partial charge in [0.1, 0.15) is 0 Å². The lowest BCUT2D eigenvalue weighted by molar-refractivity contribution is -0.122. The third kappa shape index (κ3) is 8.72. The molecule has 0 radical (unpaired) electrons. The van der Waals surface area contributed by atoms with Crippen LogP contribution in [0.4, 0.5) is 0 Å². The molecule has 15 heavy (non-hydrogen) atoms. The summed E-state index contributed by atoms with van der Waals surface area (Å²) in [7, 11) is 0. The summed E-state index contributed by atoms with van der Waals surface area (Å²) in [6, 6.07) is -0.363. The highest BCUT2D eigenvalue weighted by molar-refractivity contribution is 7.99. The Balaban J connectivity index is 3.30. The van der Waals surface area contributed by atoms with Crippen LogP contribution in [-0.2, 0) is 4.79 Å². The number of amides is 1. The Morgan fingerprint density at radius 2 is 2.27 bits per heavy atom. The van der Waals surface area contributed by atoms with Crippen LogP contribution in [0.2, 0.25) is 0 Å². The van der Waals surface area contributed by atoms with E-state index < -0.39 is 0 Å². The van der Waals surface area contributed by atoms with E-state index in [-0.39, 0.29) is 18.6 Å². The number of hydrogen-bond donors (Lipinski definition) is 3. The molecule has 0 saturated carbocycles. The Morgan fingerprint density at radius 1 is 1.53 bits per heavy atom. The van der Waals surface area contributed by atoms with Crippen LogP contribution < -0.4 is 11.1 Å². The van der Waals surface area contributed by atoms with Gasteiger partial charge < -0.3 is 16.2 Å². The molecule has 0 aromatic carbocycles. The van der Waals surface area contributed by atoms with Gasteiger partial charge in [-0.15, -0.1) is 0 Å². The lowest BCUT2D eigenvalue weighted by atomic mass is 10.2. The van der Waals surface area contributed by atoms with Gasteiger partial charge in [-0.2, -0.15) is 11.8 Å². The van der Waals surface area contributed by atoms with Crippen molar-refractivity contribution in [1.29, 1.82) is 0 Å². The van der Waals surface area contributed by atoms with Crippen LogP contribution >= 0.6 is 11.8 Å². The molecule has 0 aliphatic carbocycles. The quantitative estimate of drug-likeness (QED) is 0.503. The maximum Gasteiger partial charge on any atom is 0.236 e. The van der Waals surface area contributed by atoms with Gasteiger partial charge in [0.05, 0.1) is 6.04 Å². The zero-order valence-electron chi connectivity index (χ0n) is 9.37. The lowest BCUT2D eigenvalue weighted by Gasteiger charge is -2.10. The monoisotopic (exact) mass is 234 g/mol. The fraction of sp³-hybridized carbons (Fsp3) is 0.900. The highest BCUT2D eigenvalue weighted by Gasteiger charge is 2.10. The van der Waals surface area contributed by atoms with Crippen molar-refractivity contribution in [2.45, 2.75) is 32.2 Å². The van der Waals surface area contributed by atoms with Crippen LogP contribution in [0.1, 0.15) is 26.2 Å². The summed E-state index contributed by atoms with van der Waals surface area (Å²) in [6.07, 6.45) is 2.48. The number of rotatable bonds is 9. The highest BCUT2D eigenvalue weighted by atomic mass is 32.2. The molecule has 1 atom stereocenters. The van der Waals surface area contributed by atoms with E-state index in [0.29, 0.717) is 6.54 Å². The second-order valence-corrected chi connectivity index (χ2v) is 4.60. The molecule has 1 amide bonds. The SMILES string of the molecule is CCCC(N)C(=O)NCCSCCCO. The third-order valence-corrected chi connectivity index (χ3v) is 3.00.